The first-order chi connectivity index (χ1) is 9.79. The molecule has 2 aliphatic heterocycles. The molecular weight excluding hydrogens is 254 g/mol. The van der Waals surface area contributed by atoms with Gasteiger partial charge in [0.25, 0.3) is 0 Å². The third-order valence-corrected chi connectivity index (χ3v) is 4.49. The third kappa shape index (κ3) is 2.63. The van der Waals surface area contributed by atoms with Crippen LogP contribution in [0.3, 0.4) is 0 Å². The summed E-state index contributed by atoms with van der Waals surface area (Å²) in [5.74, 6) is 0.772. The molecule has 4 nitrogen and oxygen atoms in total. The Hall–Kier alpha value is -1.26. The fourth-order valence-corrected chi connectivity index (χ4v) is 3.52. The van der Waals surface area contributed by atoms with Crippen molar-refractivity contribution in [1.29, 1.82) is 0 Å². The summed E-state index contributed by atoms with van der Waals surface area (Å²) >= 11 is 0. The van der Waals surface area contributed by atoms with Crippen LogP contribution in [0.1, 0.15) is 43.8 Å². The highest BCUT2D eigenvalue weighted by Crippen LogP contribution is 2.45. The second-order valence-corrected chi connectivity index (χ2v) is 5.84. The number of rotatable bonds is 4. The minimum absolute atomic E-state index is 0.103. The smallest absolute Gasteiger partial charge is 0.116 e. The molecule has 20 heavy (non-hydrogen) atoms. The molecule has 0 unspecified atom stereocenters. The quantitative estimate of drug-likeness (QED) is 0.585. The van der Waals surface area contributed by atoms with Crippen LogP contribution in [-0.4, -0.2) is 29.5 Å². The molecule has 1 aromatic carbocycles. The summed E-state index contributed by atoms with van der Waals surface area (Å²) in [5, 5.41) is 22.3. The Labute approximate surface area is 119 Å². The summed E-state index contributed by atoms with van der Waals surface area (Å²) in [5.41, 5.74) is 2.17. The molecule has 110 valence electrons. The minimum atomic E-state index is 0.103. The Balaban J connectivity index is 1.83. The molecule has 0 bridgehead atoms. The van der Waals surface area contributed by atoms with E-state index in [1.54, 1.807) is 6.07 Å². The number of unbranched alkanes of at least 4 members (excludes halogenated alkanes) is 1. The summed E-state index contributed by atoms with van der Waals surface area (Å²) in [6, 6.07) is 5.90. The van der Waals surface area contributed by atoms with Crippen LogP contribution in [0.5, 0.6) is 5.75 Å². The summed E-state index contributed by atoms with van der Waals surface area (Å²) in [7, 11) is 0. The Bertz CT molecular complexity index is 463. The van der Waals surface area contributed by atoms with E-state index in [0.717, 1.165) is 50.0 Å². The molecule has 3 rings (SSSR count). The molecule has 0 saturated carbocycles. The summed E-state index contributed by atoms with van der Waals surface area (Å²) < 4.78 is 6.00. The third-order valence-electron chi connectivity index (χ3n) is 4.49. The van der Waals surface area contributed by atoms with Gasteiger partial charge in [0, 0.05) is 36.4 Å². The first kappa shape index (κ1) is 13.7. The lowest BCUT2D eigenvalue weighted by Gasteiger charge is -2.43. The van der Waals surface area contributed by atoms with Crippen molar-refractivity contribution < 1.29 is 14.9 Å². The van der Waals surface area contributed by atoms with Crippen LogP contribution in [0.25, 0.3) is 0 Å². The second-order valence-electron chi connectivity index (χ2n) is 5.84. The van der Waals surface area contributed by atoms with Gasteiger partial charge < -0.3 is 20.3 Å². The van der Waals surface area contributed by atoms with Crippen molar-refractivity contribution in [2.24, 2.45) is 5.92 Å². The number of anilines is 1. The molecule has 0 spiro atoms. The van der Waals surface area contributed by atoms with E-state index in [-0.39, 0.29) is 12.7 Å². The summed E-state index contributed by atoms with van der Waals surface area (Å²) in [4.78, 5) is 0. The van der Waals surface area contributed by atoms with E-state index in [1.807, 2.05) is 12.1 Å². The van der Waals surface area contributed by atoms with Crippen molar-refractivity contribution in [3.63, 3.8) is 0 Å². The monoisotopic (exact) mass is 277 g/mol. The maximum Gasteiger partial charge on any atom is 0.116 e. The average molecular weight is 277 g/mol. The van der Waals surface area contributed by atoms with Crippen molar-refractivity contribution in [3.8, 4) is 5.75 Å². The van der Waals surface area contributed by atoms with Crippen molar-refractivity contribution in [2.45, 2.75) is 44.2 Å². The highest BCUT2D eigenvalue weighted by molar-refractivity contribution is 5.58. The Morgan fingerprint density at radius 3 is 3.05 bits per heavy atom. The van der Waals surface area contributed by atoms with Crippen LogP contribution in [0.2, 0.25) is 0 Å². The molecule has 0 radical (unpaired) electrons. The maximum absolute atomic E-state index is 9.71. The normalized spacial score (nSPS) is 28.4. The zero-order chi connectivity index (χ0) is 13.9. The van der Waals surface area contributed by atoms with Gasteiger partial charge in [0.1, 0.15) is 5.75 Å². The molecule has 1 aromatic rings. The number of hydrogen-bond acceptors (Lipinski definition) is 4. The number of phenols is 1. The predicted octanol–water partition coefficient (Wildman–Crippen LogP) is 2.82. The lowest BCUT2D eigenvalue weighted by Crippen LogP contribution is -2.41. The van der Waals surface area contributed by atoms with Crippen LogP contribution >= 0.6 is 0 Å². The van der Waals surface area contributed by atoms with E-state index in [0.29, 0.717) is 17.7 Å². The van der Waals surface area contributed by atoms with Crippen LogP contribution in [0.4, 0.5) is 5.69 Å². The Morgan fingerprint density at radius 1 is 1.30 bits per heavy atom. The molecule has 4 heteroatoms. The fraction of sp³-hybridized carbons (Fsp3) is 0.625. The molecule has 0 aromatic heterocycles. The zero-order valence-corrected chi connectivity index (χ0v) is 11.7. The van der Waals surface area contributed by atoms with Gasteiger partial charge in [0.15, 0.2) is 0 Å². The second kappa shape index (κ2) is 6.02. The molecule has 0 amide bonds. The summed E-state index contributed by atoms with van der Waals surface area (Å²) in [6.45, 7) is 1.07. The van der Waals surface area contributed by atoms with Crippen LogP contribution in [0, 0.1) is 5.92 Å². The molecule has 2 aliphatic rings. The van der Waals surface area contributed by atoms with Crippen molar-refractivity contribution >= 4 is 5.69 Å². The number of aliphatic hydroxyl groups is 1. The number of fused-ring (bicyclic) bond motifs is 3. The van der Waals surface area contributed by atoms with Gasteiger partial charge in [-0.15, -0.1) is 0 Å². The van der Waals surface area contributed by atoms with E-state index in [4.69, 9.17) is 9.84 Å². The lowest BCUT2D eigenvalue weighted by molar-refractivity contribution is -0.0388. The number of nitrogens with one attached hydrogen (secondary N) is 1. The molecule has 1 fully saturated rings. The van der Waals surface area contributed by atoms with Crippen molar-refractivity contribution in [3.05, 3.63) is 23.8 Å². The number of ether oxygens (including phenoxy) is 1. The standard InChI is InChI=1S/C16H23NO3/c18-8-2-1-5-14-12-4-3-9-20-16(12)13-10-11(19)6-7-15(13)17-14/h6-7,10,12,14,16-19H,1-5,8-9H2/t12-,14+,16-/m0/s1. The number of benzene rings is 1. The van der Waals surface area contributed by atoms with E-state index in [9.17, 15) is 5.11 Å². The number of hydrogen-bond donors (Lipinski definition) is 3. The van der Waals surface area contributed by atoms with Gasteiger partial charge in [-0.3, -0.25) is 0 Å². The molecular formula is C16H23NO3. The predicted molar refractivity (Wildman–Crippen MR) is 77.9 cm³/mol. The molecule has 2 heterocycles. The molecule has 3 atom stereocenters. The highest BCUT2D eigenvalue weighted by atomic mass is 16.5. The largest absolute Gasteiger partial charge is 0.508 e. The van der Waals surface area contributed by atoms with Crippen LogP contribution in [-0.2, 0) is 4.74 Å². The van der Waals surface area contributed by atoms with Crippen LogP contribution in [0.15, 0.2) is 18.2 Å². The van der Waals surface area contributed by atoms with Gasteiger partial charge in [-0.1, -0.05) is 0 Å². The number of aromatic hydroxyl groups is 1. The Morgan fingerprint density at radius 2 is 2.20 bits per heavy atom. The highest BCUT2D eigenvalue weighted by Gasteiger charge is 2.38. The molecule has 0 aliphatic carbocycles. The van der Waals surface area contributed by atoms with Gasteiger partial charge in [0.2, 0.25) is 0 Å². The SMILES string of the molecule is OCCCC[C@H]1Nc2ccc(O)cc2[C@H]2OCCC[C@H]21. The van der Waals surface area contributed by atoms with E-state index >= 15 is 0 Å². The number of aliphatic hydroxyl groups excluding tert-OH is 1. The van der Waals surface area contributed by atoms with Gasteiger partial charge in [-0.2, -0.15) is 0 Å². The van der Waals surface area contributed by atoms with Gasteiger partial charge >= 0.3 is 0 Å². The van der Waals surface area contributed by atoms with Gasteiger partial charge in [-0.05, 0) is 50.3 Å². The first-order valence-corrected chi connectivity index (χ1v) is 7.61. The van der Waals surface area contributed by atoms with E-state index in [2.05, 4.69) is 5.32 Å². The maximum atomic E-state index is 9.71. The zero-order valence-electron chi connectivity index (χ0n) is 11.7. The topological polar surface area (TPSA) is 61.7 Å². The number of phenolic OH excluding ortho intramolecular Hbond substituents is 1. The van der Waals surface area contributed by atoms with E-state index in [1.165, 1.54) is 0 Å². The van der Waals surface area contributed by atoms with Crippen molar-refractivity contribution in [2.75, 3.05) is 18.5 Å². The fourth-order valence-electron chi connectivity index (χ4n) is 3.52. The molecule has 1 saturated heterocycles. The molecule has 3 N–H and O–H groups in total. The van der Waals surface area contributed by atoms with E-state index < -0.39 is 0 Å². The minimum Gasteiger partial charge on any atom is -0.508 e. The Kier molecular flexibility index (Phi) is 4.13. The van der Waals surface area contributed by atoms with Gasteiger partial charge in [-0.25, -0.2) is 0 Å². The van der Waals surface area contributed by atoms with Crippen molar-refractivity contribution in [1.82, 2.24) is 0 Å². The van der Waals surface area contributed by atoms with Gasteiger partial charge in [0.05, 0.1) is 6.10 Å². The average Bonchev–Trinajstić information content (AvgIpc) is 2.48. The summed E-state index contributed by atoms with van der Waals surface area (Å²) in [6.07, 6.45) is 5.32. The first-order valence-electron chi connectivity index (χ1n) is 7.61. The lowest BCUT2D eigenvalue weighted by atomic mass is 9.78. The van der Waals surface area contributed by atoms with Crippen LogP contribution < -0.4 is 5.32 Å².